The third-order valence-electron chi connectivity index (χ3n) is 6.73. The van der Waals surface area contributed by atoms with E-state index in [1.807, 2.05) is 12.3 Å². The summed E-state index contributed by atoms with van der Waals surface area (Å²) >= 11 is 0. The number of hydrogen-bond donors (Lipinski definition) is 1. The number of ether oxygens (including phenoxy) is 2. The molecule has 9 nitrogen and oxygen atoms in total. The molecule has 2 heterocycles. The van der Waals surface area contributed by atoms with Crippen LogP contribution in [0.5, 0.6) is 5.75 Å². The third kappa shape index (κ3) is 6.91. The lowest BCUT2D eigenvalue weighted by molar-refractivity contribution is -0.140. The zero-order chi connectivity index (χ0) is 25.6. The number of allylic oxidation sites excluding steroid dienone is 1. The van der Waals surface area contributed by atoms with Gasteiger partial charge in [-0.3, -0.25) is 9.79 Å². The van der Waals surface area contributed by atoms with E-state index in [-0.39, 0.29) is 36.5 Å². The van der Waals surface area contributed by atoms with Gasteiger partial charge in [0.1, 0.15) is 12.4 Å². The molecule has 3 rings (SSSR count). The van der Waals surface area contributed by atoms with Gasteiger partial charge in [-0.05, 0) is 62.8 Å². The Morgan fingerprint density at radius 3 is 2.49 bits per heavy atom. The number of aliphatic imine (C=N–C) groups is 1. The second-order valence-corrected chi connectivity index (χ2v) is 11.4. The van der Waals surface area contributed by atoms with E-state index < -0.39 is 15.6 Å². The summed E-state index contributed by atoms with van der Waals surface area (Å²) in [5, 5.41) is 10.9. The van der Waals surface area contributed by atoms with Gasteiger partial charge >= 0.3 is 0 Å². The van der Waals surface area contributed by atoms with Crippen molar-refractivity contribution in [2.75, 3.05) is 47.0 Å². The van der Waals surface area contributed by atoms with Gasteiger partial charge in [0.15, 0.2) is 0 Å². The van der Waals surface area contributed by atoms with E-state index in [2.05, 4.69) is 4.99 Å². The molecule has 35 heavy (non-hydrogen) atoms. The molecule has 1 saturated heterocycles. The van der Waals surface area contributed by atoms with Crippen LogP contribution in [-0.4, -0.2) is 87.5 Å². The van der Waals surface area contributed by atoms with Gasteiger partial charge in [0.25, 0.3) is 0 Å². The van der Waals surface area contributed by atoms with Crippen LogP contribution in [0.25, 0.3) is 0 Å². The minimum absolute atomic E-state index is 0.0992. The summed E-state index contributed by atoms with van der Waals surface area (Å²) < 4.78 is 38.1. The first kappa shape index (κ1) is 27.3. The molecule has 1 aromatic rings. The Morgan fingerprint density at radius 1 is 1.26 bits per heavy atom. The lowest BCUT2D eigenvalue weighted by Gasteiger charge is -2.39. The minimum Gasteiger partial charge on any atom is -0.497 e. The maximum atomic E-state index is 13.1. The smallest absolute Gasteiger partial charge is 0.248 e. The molecule has 2 aliphatic heterocycles. The number of methoxy groups -OCH3 is 1. The predicted octanol–water partition coefficient (Wildman–Crippen LogP) is 2.30. The van der Waals surface area contributed by atoms with Crippen molar-refractivity contribution in [3.05, 3.63) is 35.5 Å². The highest BCUT2D eigenvalue weighted by atomic mass is 32.2. The summed E-state index contributed by atoms with van der Waals surface area (Å²) in [4.78, 5) is 18.7. The molecule has 1 atom stereocenters. The number of likely N-dealkylation sites (tertiary alicyclic amines) is 1. The molecule has 0 aromatic heterocycles. The standard InChI is InChI=1S/C25H37N3O6S/c1-19-14-22(33-4)15-20(2)24(19)35(31,32)27(3)12-13-34-18-23(29)28-10-7-25(30,8-11-28)16-21-6-5-9-26-17-21/h5,9,14-15,17,21,30H,6-8,10-13,16,18H2,1-4H3. The number of hydrogen-bond acceptors (Lipinski definition) is 7. The highest BCUT2D eigenvalue weighted by molar-refractivity contribution is 7.89. The van der Waals surface area contributed by atoms with Crippen LogP contribution in [0.3, 0.4) is 0 Å². The summed E-state index contributed by atoms with van der Waals surface area (Å²) in [6.07, 6.45) is 8.24. The van der Waals surface area contributed by atoms with Crippen LogP contribution in [0.2, 0.25) is 0 Å². The van der Waals surface area contributed by atoms with Crippen LogP contribution in [0.1, 0.15) is 36.8 Å². The molecule has 1 unspecified atom stereocenters. The molecule has 194 valence electrons. The molecule has 10 heteroatoms. The summed E-state index contributed by atoms with van der Waals surface area (Å²) in [6.45, 7) is 4.54. The van der Waals surface area contributed by atoms with E-state index in [9.17, 15) is 18.3 Å². The molecule has 0 aliphatic carbocycles. The van der Waals surface area contributed by atoms with Gasteiger partial charge < -0.3 is 19.5 Å². The lowest BCUT2D eigenvalue weighted by atomic mass is 9.81. The third-order valence-corrected chi connectivity index (χ3v) is 8.89. The van der Waals surface area contributed by atoms with Gasteiger partial charge in [0.2, 0.25) is 15.9 Å². The van der Waals surface area contributed by atoms with Crippen molar-refractivity contribution in [3.63, 3.8) is 0 Å². The SMILES string of the molecule is COc1cc(C)c(S(=O)(=O)N(C)CCOCC(=O)N2CCC(O)(CC3C=NC=CC3)CC2)c(C)c1. The summed E-state index contributed by atoms with van der Waals surface area (Å²) in [7, 11) is -0.665. The molecule has 1 amide bonds. The molecule has 1 N–H and O–H groups in total. The van der Waals surface area contributed by atoms with Crippen LogP contribution in [0.4, 0.5) is 0 Å². The van der Waals surface area contributed by atoms with E-state index in [0.29, 0.717) is 49.2 Å². The van der Waals surface area contributed by atoms with Gasteiger partial charge in [-0.1, -0.05) is 6.08 Å². The molecular formula is C25H37N3O6S. The second-order valence-electron chi connectivity index (χ2n) is 9.46. The number of aryl methyl sites for hydroxylation is 2. The highest BCUT2D eigenvalue weighted by Gasteiger charge is 2.35. The van der Waals surface area contributed by atoms with Crippen LogP contribution in [0, 0.1) is 19.8 Å². The Morgan fingerprint density at radius 2 is 1.91 bits per heavy atom. The monoisotopic (exact) mass is 507 g/mol. The van der Waals surface area contributed by atoms with Gasteiger partial charge in [-0.25, -0.2) is 8.42 Å². The molecule has 2 aliphatic rings. The summed E-state index contributed by atoms with van der Waals surface area (Å²) in [6, 6.07) is 3.39. The first-order valence-electron chi connectivity index (χ1n) is 11.9. The van der Waals surface area contributed by atoms with Crippen molar-refractivity contribution in [3.8, 4) is 5.75 Å². The number of sulfonamides is 1. The van der Waals surface area contributed by atoms with Gasteiger partial charge in [0.05, 0.1) is 24.2 Å². The number of benzene rings is 1. The molecule has 1 fully saturated rings. The zero-order valence-electron chi connectivity index (χ0n) is 21.1. The normalized spacial score (nSPS) is 19.8. The molecule has 0 saturated carbocycles. The highest BCUT2D eigenvalue weighted by Crippen LogP contribution is 2.31. The van der Waals surface area contributed by atoms with Crippen molar-refractivity contribution >= 4 is 22.1 Å². The Balaban J connectivity index is 1.43. The fourth-order valence-electron chi connectivity index (χ4n) is 4.68. The van der Waals surface area contributed by atoms with Gasteiger partial charge in [-0.2, -0.15) is 4.31 Å². The first-order valence-corrected chi connectivity index (χ1v) is 13.4. The quantitative estimate of drug-likeness (QED) is 0.487. The second kappa shape index (κ2) is 11.6. The van der Waals surface area contributed by atoms with Crippen molar-refractivity contribution < 1.29 is 27.8 Å². The average Bonchev–Trinajstić information content (AvgIpc) is 2.81. The topological polar surface area (TPSA) is 109 Å². The van der Waals surface area contributed by atoms with E-state index in [4.69, 9.17) is 9.47 Å². The summed E-state index contributed by atoms with van der Waals surface area (Å²) in [5.41, 5.74) is 0.443. The zero-order valence-corrected chi connectivity index (χ0v) is 21.9. The van der Waals surface area contributed by atoms with Crippen LogP contribution < -0.4 is 4.74 Å². The maximum Gasteiger partial charge on any atom is 0.248 e. The Bertz CT molecular complexity index is 1040. The van der Waals surface area contributed by atoms with Crippen molar-refractivity contribution in [2.45, 2.75) is 50.0 Å². The fraction of sp³-hybridized carbons (Fsp3) is 0.600. The summed E-state index contributed by atoms with van der Waals surface area (Å²) in [5.74, 6) is 0.690. The van der Waals surface area contributed by atoms with E-state index in [1.165, 1.54) is 11.4 Å². The van der Waals surface area contributed by atoms with Crippen molar-refractivity contribution in [1.82, 2.24) is 9.21 Å². The Labute approximate surface area is 208 Å². The Kier molecular flexibility index (Phi) is 9.09. The number of aliphatic hydroxyl groups is 1. The van der Waals surface area contributed by atoms with E-state index in [0.717, 1.165) is 6.42 Å². The fourth-order valence-corrected chi connectivity index (χ4v) is 6.24. The lowest BCUT2D eigenvalue weighted by Crippen LogP contribution is -2.48. The van der Waals surface area contributed by atoms with E-state index >= 15 is 0 Å². The van der Waals surface area contributed by atoms with Crippen LogP contribution in [0.15, 0.2) is 34.3 Å². The first-order chi connectivity index (χ1) is 16.6. The number of nitrogens with zero attached hydrogens (tertiary/aromatic N) is 3. The average molecular weight is 508 g/mol. The molecule has 0 radical (unpaired) electrons. The molecule has 0 bridgehead atoms. The van der Waals surface area contributed by atoms with E-state index in [1.54, 1.807) is 44.2 Å². The van der Waals surface area contributed by atoms with Crippen molar-refractivity contribution in [1.29, 1.82) is 0 Å². The predicted molar refractivity (Wildman–Crippen MR) is 134 cm³/mol. The van der Waals surface area contributed by atoms with Crippen LogP contribution in [-0.2, 0) is 19.6 Å². The van der Waals surface area contributed by atoms with Crippen molar-refractivity contribution in [2.24, 2.45) is 10.9 Å². The molecule has 1 aromatic carbocycles. The Hall–Kier alpha value is -2.27. The number of rotatable bonds is 10. The molecular weight excluding hydrogens is 470 g/mol. The van der Waals surface area contributed by atoms with Crippen LogP contribution >= 0.6 is 0 Å². The minimum atomic E-state index is -3.71. The molecule has 0 spiro atoms. The largest absolute Gasteiger partial charge is 0.497 e. The number of amides is 1. The number of likely N-dealkylation sites (N-methyl/N-ethyl adjacent to an activating group) is 1. The number of carbonyl (C=O) groups excluding carboxylic acids is 1. The number of carbonyl (C=O) groups is 1. The maximum absolute atomic E-state index is 13.1. The van der Waals surface area contributed by atoms with Gasteiger partial charge in [-0.15, -0.1) is 0 Å². The van der Waals surface area contributed by atoms with Gasteiger partial charge in [0, 0.05) is 45.0 Å². The number of piperidine rings is 1.